The third-order valence-electron chi connectivity index (χ3n) is 3.86. The maximum absolute atomic E-state index is 4.36. The van der Waals surface area contributed by atoms with Crippen molar-refractivity contribution in [3.63, 3.8) is 0 Å². The molecule has 16 heavy (non-hydrogen) atoms. The van der Waals surface area contributed by atoms with E-state index < -0.39 is 0 Å². The predicted molar refractivity (Wildman–Crippen MR) is 66.5 cm³/mol. The number of nitrogens with zero attached hydrogens (tertiary/aromatic N) is 1. The van der Waals surface area contributed by atoms with Gasteiger partial charge in [-0.2, -0.15) is 0 Å². The molecule has 2 heteroatoms. The molecule has 0 spiro atoms. The van der Waals surface area contributed by atoms with Gasteiger partial charge in [0.1, 0.15) is 5.65 Å². The summed E-state index contributed by atoms with van der Waals surface area (Å²) in [5.41, 5.74) is 2.52. The zero-order valence-electron chi connectivity index (χ0n) is 9.74. The lowest BCUT2D eigenvalue weighted by Crippen LogP contribution is -2.11. The number of hydrogen-bond donors (Lipinski definition) is 1. The van der Waals surface area contributed by atoms with Crippen molar-refractivity contribution in [2.24, 2.45) is 5.92 Å². The minimum absolute atomic E-state index is 0.738. The fourth-order valence-corrected chi connectivity index (χ4v) is 3.03. The van der Waals surface area contributed by atoms with Crippen molar-refractivity contribution in [3.05, 3.63) is 30.1 Å². The second-order valence-corrected chi connectivity index (χ2v) is 5.11. The normalized spacial score (nSPS) is 26.1. The van der Waals surface area contributed by atoms with Crippen LogP contribution in [0.1, 0.15) is 44.1 Å². The molecule has 1 N–H and O–H groups in total. The molecule has 2 aromatic heterocycles. The first-order chi connectivity index (χ1) is 7.84. The number of H-pyrrole nitrogens is 1. The molecule has 3 rings (SSSR count). The zero-order chi connectivity index (χ0) is 11.0. The van der Waals surface area contributed by atoms with E-state index in [1.807, 2.05) is 12.3 Å². The number of fused-ring (bicyclic) bond motifs is 1. The fraction of sp³-hybridized carbons (Fsp3) is 0.500. The molecule has 1 saturated carbocycles. The molecular weight excluding hydrogens is 196 g/mol. The van der Waals surface area contributed by atoms with E-state index in [-0.39, 0.29) is 0 Å². The molecule has 2 aromatic rings. The van der Waals surface area contributed by atoms with Crippen LogP contribution in [0.5, 0.6) is 0 Å². The molecule has 1 aliphatic carbocycles. The predicted octanol–water partition coefficient (Wildman–Crippen LogP) is 3.86. The number of aromatic nitrogens is 2. The standard InChI is InChI=1S/C14H18N2/c1-10-4-2-5-11(8-10)13-9-16-14-12(13)6-3-7-15-14/h3,6-7,9-11H,2,4-5,8H2,1H3,(H,15,16)/t10-,11?/m1/s1. The van der Waals surface area contributed by atoms with Gasteiger partial charge in [-0.3, -0.25) is 0 Å². The van der Waals surface area contributed by atoms with Gasteiger partial charge in [-0.1, -0.05) is 19.8 Å². The van der Waals surface area contributed by atoms with Crippen LogP contribution in [0.25, 0.3) is 11.0 Å². The molecule has 0 aromatic carbocycles. The van der Waals surface area contributed by atoms with E-state index in [0.29, 0.717) is 0 Å². The Labute approximate surface area is 96.1 Å². The second-order valence-electron chi connectivity index (χ2n) is 5.11. The number of aromatic amines is 1. The van der Waals surface area contributed by atoms with Crippen molar-refractivity contribution < 1.29 is 0 Å². The third-order valence-corrected chi connectivity index (χ3v) is 3.86. The van der Waals surface area contributed by atoms with Crippen molar-refractivity contribution in [1.82, 2.24) is 9.97 Å². The molecule has 0 saturated heterocycles. The van der Waals surface area contributed by atoms with E-state index in [2.05, 4.69) is 29.2 Å². The van der Waals surface area contributed by atoms with Crippen LogP contribution in [-0.4, -0.2) is 9.97 Å². The van der Waals surface area contributed by atoms with E-state index in [4.69, 9.17) is 0 Å². The minimum atomic E-state index is 0.738. The number of rotatable bonds is 1. The average molecular weight is 214 g/mol. The minimum Gasteiger partial charge on any atom is -0.346 e. The summed E-state index contributed by atoms with van der Waals surface area (Å²) in [4.78, 5) is 7.65. The molecule has 0 bridgehead atoms. The Kier molecular flexibility index (Phi) is 2.43. The topological polar surface area (TPSA) is 28.7 Å². The van der Waals surface area contributed by atoms with Crippen LogP contribution in [0.15, 0.2) is 24.5 Å². The molecule has 0 amide bonds. The number of nitrogens with one attached hydrogen (secondary N) is 1. The summed E-state index contributed by atoms with van der Waals surface area (Å²) in [6.07, 6.45) is 9.47. The quantitative estimate of drug-likeness (QED) is 0.767. The molecule has 84 valence electrons. The monoisotopic (exact) mass is 214 g/mol. The van der Waals surface area contributed by atoms with Gasteiger partial charge in [0, 0.05) is 17.8 Å². The Morgan fingerprint density at radius 3 is 3.19 bits per heavy atom. The van der Waals surface area contributed by atoms with Gasteiger partial charge in [0.15, 0.2) is 0 Å². The van der Waals surface area contributed by atoms with Gasteiger partial charge in [0.05, 0.1) is 0 Å². The molecule has 1 aliphatic rings. The van der Waals surface area contributed by atoms with Crippen LogP contribution in [0, 0.1) is 5.92 Å². The first kappa shape index (κ1) is 9.88. The number of hydrogen-bond acceptors (Lipinski definition) is 1. The van der Waals surface area contributed by atoms with Crippen LogP contribution in [0.4, 0.5) is 0 Å². The van der Waals surface area contributed by atoms with Crippen LogP contribution in [0.2, 0.25) is 0 Å². The lowest BCUT2D eigenvalue weighted by molar-refractivity contribution is 0.345. The number of pyridine rings is 1. The van der Waals surface area contributed by atoms with Crippen molar-refractivity contribution in [2.45, 2.75) is 38.5 Å². The second kappa shape index (κ2) is 3.93. The van der Waals surface area contributed by atoms with Crippen molar-refractivity contribution in [1.29, 1.82) is 0 Å². The van der Waals surface area contributed by atoms with Crippen molar-refractivity contribution >= 4 is 11.0 Å². The highest BCUT2D eigenvalue weighted by atomic mass is 14.8. The van der Waals surface area contributed by atoms with Crippen LogP contribution < -0.4 is 0 Å². The van der Waals surface area contributed by atoms with Crippen molar-refractivity contribution in [2.75, 3.05) is 0 Å². The highest BCUT2D eigenvalue weighted by Crippen LogP contribution is 2.38. The molecule has 0 aliphatic heterocycles. The molecule has 0 radical (unpaired) electrons. The Morgan fingerprint density at radius 1 is 1.38 bits per heavy atom. The fourth-order valence-electron chi connectivity index (χ4n) is 3.03. The smallest absolute Gasteiger partial charge is 0.137 e. The van der Waals surface area contributed by atoms with Gasteiger partial charge >= 0.3 is 0 Å². The Bertz CT molecular complexity index is 486. The van der Waals surface area contributed by atoms with Crippen LogP contribution in [0.3, 0.4) is 0 Å². The summed E-state index contributed by atoms with van der Waals surface area (Å²) in [7, 11) is 0. The Hall–Kier alpha value is -1.31. The van der Waals surface area contributed by atoms with Crippen molar-refractivity contribution in [3.8, 4) is 0 Å². The maximum Gasteiger partial charge on any atom is 0.137 e. The van der Waals surface area contributed by atoms with E-state index in [1.54, 1.807) is 0 Å². The van der Waals surface area contributed by atoms with E-state index in [1.165, 1.54) is 36.6 Å². The molecule has 1 fully saturated rings. The Balaban J connectivity index is 1.99. The molecule has 2 nitrogen and oxygen atoms in total. The lowest BCUT2D eigenvalue weighted by Gasteiger charge is -2.26. The summed E-state index contributed by atoms with van der Waals surface area (Å²) in [6.45, 7) is 2.37. The molecule has 1 unspecified atom stereocenters. The first-order valence-electron chi connectivity index (χ1n) is 6.26. The summed E-state index contributed by atoms with van der Waals surface area (Å²) in [5, 5.41) is 1.32. The van der Waals surface area contributed by atoms with E-state index in [0.717, 1.165) is 17.5 Å². The average Bonchev–Trinajstić information content (AvgIpc) is 2.72. The summed E-state index contributed by atoms with van der Waals surface area (Å²) < 4.78 is 0. The summed E-state index contributed by atoms with van der Waals surface area (Å²) >= 11 is 0. The zero-order valence-corrected chi connectivity index (χ0v) is 9.74. The van der Waals surface area contributed by atoms with Crippen LogP contribution >= 0.6 is 0 Å². The maximum atomic E-state index is 4.36. The van der Waals surface area contributed by atoms with E-state index in [9.17, 15) is 0 Å². The third kappa shape index (κ3) is 1.62. The molecule has 2 atom stereocenters. The van der Waals surface area contributed by atoms with Gasteiger partial charge in [0.2, 0.25) is 0 Å². The van der Waals surface area contributed by atoms with Gasteiger partial charge in [-0.25, -0.2) is 4.98 Å². The van der Waals surface area contributed by atoms with Gasteiger partial charge < -0.3 is 4.98 Å². The lowest BCUT2D eigenvalue weighted by atomic mass is 9.79. The SMILES string of the molecule is C[C@@H]1CCCC(c2c[nH]c3ncccc23)C1. The van der Waals surface area contributed by atoms with E-state index >= 15 is 0 Å². The molecule has 2 heterocycles. The first-order valence-corrected chi connectivity index (χ1v) is 6.26. The molecular formula is C14H18N2. The Morgan fingerprint density at radius 2 is 2.31 bits per heavy atom. The van der Waals surface area contributed by atoms with Gasteiger partial charge in [-0.05, 0) is 42.4 Å². The highest BCUT2D eigenvalue weighted by molar-refractivity contribution is 5.80. The van der Waals surface area contributed by atoms with Gasteiger partial charge in [-0.15, -0.1) is 0 Å². The van der Waals surface area contributed by atoms with Gasteiger partial charge in [0.25, 0.3) is 0 Å². The largest absolute Gasteiger partial charge is 0.346 e. The van der Waals surface area contributed by atoms with Crippen LogP contribution in [-0.2, 0) is 0 Å². The summed E-state index contributed by atoms with van der Waals surface area (Å²) in [5.74, 6) is 1.61. The highest BCUT2D eigenvalue weighted by Gasteiger charge is 2.22. The summed E-state index contributed by atoms with van der Waals surface area (Å²) in [6, 6.07) is 4.22.